The smallest absolute Gasteiger partial charge is 0.238 e. The van der Waals surface area contributed by atoms with Crippen molar-refractivity contribution in [3.63, 3.8) is 0 Å². The number of nitrogens with one attached hydrogen (secondary N) is 1. The van der Waals surface area contributed by atoms with Gasteiger partial charge in [0.15, 0.2) is 0 Å². The first-order chi connectivity index (χ1) is 13.2. The van der Waals surface area contributed by atoms with Crippen LogP contribution in [0.4, 0.5) is 5.69 Å². The summed E-state index contributed by atoms with van der Waals surface area (Å²) >= 11 is 0. The molecule has 0 aliphatic rings. The third-order valence-corrected chi connectivity index (χ3v) is 4.02. The van der Waals surface area contributed by atoms with Gasteiger partial charge in [0.25, 0.3) is 0 Å². The van der Waals surface area contributed by atoms with Gasteiger partial charge in [-0.05, 0) is 49.4 Å². The summed E-state index contributed by atoms with van der Waals surface area (Å²) in [5.74, 6) is 2.15. The topological polar surface area (TPSA) is 60.0 Å². The molecule has 0 aliphatic heterocycles. The maximum Gasteiger partial charge on any atom is 0.238 e. The van der Waals surface area contributed by atoms with Gasteiger partial charge in [-0.1, -0.05) is 19.1 Å². The van der Waals surface area contributed by atoms with Crippen molar-refractivity contribution in [3.8, 4) is 17.2 Å². The summed E-state index contributed by atoms with van der Waals surface area (Å²) < 4.78 is 16.2. The molecule has 6 nitrogen and oxygen atoms in total. The number of methoxy groups -OCH3 is 2. The quantitative estimate of drug-likeness (QED) is 0.655. The molecule has 0 saturated carbocycles. The minimum absolute atomic E-state index is 0.0719. The number of anilines is 1. The van der Waals surface area contributed by atoms with Crippen LogP contribution in [0.2, 0.25) is 0 Å². The average molecular weight is 372 g/mol. The lowest BCUT2D eigenvalue weighted by Crippen LogP contribution is -2.36. The molecule has 0 saturated heterocycles. The minimum atomic E-state index is -0.0719. The van der Waals surface area contributed by atoms with Gasteiger partial charge in [-0.2, -0.15) is 0 Å². The molecule has 0 fully saturated rings. The summed E-state index contributed by atoms with van der Waals surface area (Å²) in [4.78, 5) is 14.5. The third-order valence-electron chi connectivity index (χ3n) is 4.02. The summed E-state index contributed by atoms with van der Waals surface area (Å²) in [5, 5.41) is 2.91. The third kappa shape index (κ3) is 6.83. The number of amides is 1. The van der Waals surface area contributed by atoms with Crippen LogP contribution in [-0.2, 0) is 4.79 Å². The van der Waals surface area contributed by atoms with E-state index < -0.39 is 0 Å². The molecule has 1 N–H and O–H groups in total. The molecule has 2 rings (SSSR count). The zero-order chi connectivity index (χ0) is 19.5. The monoisotopic (exact) mass is 372 g/mol. The summed E-state index contributed by atoms with van der Waals surface area (Å²) in [6.45, 7) is 4.39. The molecular weight excluding hydrogens is 344 g/mol. The van der Waals surface area contributed by atoms with Crippen LogP contribution < -0.4 is 19.5 Å². The molecule has 27 heavy (non-hydrogen) atoms. The fourth-order valence-corrected chi connectivity index (χ4v) is 2.69. The Bertz CT molecular complexity index is 704. The molecule has 0 bridgehead atoms. The molecule has 0 aliphatic carbocycles. The number of carbonyl (C=O) groups is 1. The lowest BCUT2D eigenvalue weighted by molar-refractivity contribution is -0.117. The van der Waals surface area contributed by atoms with Crippen molar-refractivity contribution < 1.29 is 19.0 Å². The maximum absolute atomic E-state index is 12.4. The number of hydrogen-bond acceptors (Lipinski definition) is 5. The largest absolute Gasteiger partial charge is 0.497 e. The minimum Gasteiger partial charge on any atom is -0.497 e. The lowest BCUT2D eigenvalue weighted by atomic mass is 10.3. The van der Waals surface area contributed by atoms with Crippen molar-refractivity contribution in [2.75, 3.05) is 45.8 Å². The molecule has 6 heteroatoms. The number of hydrogen-bond donors (Lipinski definition) is 1. The van der Waals surface area contributed by atoms with Crippen molar-refractivity contribution in [2.24, 2.45) is 0 Å². The van der Waals surface area contributed by atoms with Crippen LogP contribution in [-0.4, -0.2) is 51.3 Å². The van der Waals surface area contributed by atoms with E-state index in [4.69, 9.17) is 14.2 Å². The van der Waals surface area contributed by atoms with E-state index in [1.165, 1.54) is 0 Å². The van der Waals surface area contributed by atoms with Gasteiger partial charge in [-0.15, -0.1) is 0 Å². The fraction of sp³-hybridized carbons (Fsp3) is 0.381. The van der Waals surface area contributed by atoms with Crippen LogP contribution in [0, 0.1) is 0 Å². The Kier molecular flexibility index (Phi) is 8.45. The van der Waals surface area contributed by atoms with Crippen LogP contribution in [0.25, 0.3) is 0 Å². The van der Waals surface area contributed by atoms with Gasteiger partial charge in [0.1, 0.15) is 23.9 Å². The van der Waals surface area contributed by atoms with Crippen LogP contribution in [0.15, 0.2) is 48.5 Å². The Morgan fingerprint density at radius 2 is 1.67 bits per heavy atom. The van der Waals surface area contributed by atoms with E-state index >= 15 is 0 Å². The van der Waals surface area contributed by atoms with Gasteiger partial charge in [0, 0.05) is 6.54 Å². The second kappa shape index (κ2) is 11.1. The van der Waals surface area contributed by atoms with E-state index in [1.54, 1.807) is 14.2 Å². The predicted molar refractivity (Wildman–Crippen MR) is 107 cm³/mol. The molecular formula is C21H28N2O4. The van der Waals surface area contributed by atoms with Gasteiger partial charge in [0.05, 0.1) is 26.5 Å². The summed E-state index contributed by atoms with van der Waals surface area (Å²) in [6, 6.07) is 14.9. The van der Waals surface area contributed by atoms with Crippen molar-refractivity contribution in [2.45, 2.75) is 13.3 Å². The lowest BCUT2D eigenvalue weighted by Gasteiger charge is -2.21. The molecule has 0 radical (unpaired) electrons. The van der Waals surface area contributed by atoms with Crippen molar-refractivity contribution in [3.05, 3.63) is 48.5 Å². The van der Waals surface area contributed by atoms with E-state index in [0.717, 1.165) is 24.5 Å². The van der Waals surface area contributed by atoms with E-state index in [-0.39, 0.29) is 5.91 Å². The van der Waals surface area contributed by atoms with Crippen LogP contribution >= 0.6 is 0 Å². The molecule has 2 aromatic carbocycles. The molecule has 0 spiro atoms. The Morgan fingerprint density at radius 3 is 2.33 bits per heavy atom. The summed E-state index contributed by atoms with van der Waals surface area (Å²) in [6.07, 6.45) is 0.963. The molecule has 146 valence electrons. The summed E-state index contributed by atoms with van der Waals surface area (Å²) in [5.41, 5.74) is 0.677. The second-order valence-corrected chi connectivity index (χ2v) is 6.05. The Morgan fingerprint density at radius 1 is 0.963 bits per heavy atom. The van der Waals surface area contributed by atoms with Crippen LogP contribution in [0.3, 0.4) is 0 Å². The number of benzene rings is 2. The van der Waals surface area contributed by atoms with E-state index in [2.05, 4.69) is 17.1 Å². The first-order valence-electron chi connectivity index (χ1n) is 9.08. The van der Waals surface area contributed by atoms with Crippen molar-refractivity contribution in [1.82, 2.24) is 4.90 Å². The Balaban J connectivity index is 1.83. The van der Waals surface area contributed by atoms with Gasteiger partial charge in [-0.3, -0.25) is 9.69 Å². The fourth-order valence-electron chi connectivity index (χ4n) is 2.69. The van der Waals surface area contributed by atoms with Crippen molar-refractivity contribution >= 4 is 11.6 Å². The predicted octanol–water partition coefficient (Wildman–Crippen LogP) is 3.43. The molecule has 0 heterocycles. The number of rotatable bonds is 11. The number of para-hydroxylation sites is 2. The standard InChI is InChI=1S/C21H28N2O4/c1-4-13-23(14-15-27-18-11-9-17(25-2)10-12-18)16-21(24)22-19-7-5-6-8-20(19)26-3/h5-12H,4,13-16H2,1-3H3,(H,22,24). The molecule has 2 aromatic rings. The molecule has 0 unspecified atom stereocenters. The number of ether oxygens (including phenoxy) is 3. The Labute approximate surface area is 161 Å². The molecule has 0 aromatic heterocycles. The highest BCUT2D eigenvalue weighted by Crippen LogP contribution is 2.22. The van der Waals surface area contributed by atoms with E-state index in [9.17, 15) is 4.79 Å². The SMILES string of the molecule is CCCN(CCOc1ccc(OC)cc1)CC(=O)Nc1ccccc1OC. The first kappa shape index (κ1) is 20.6. The zero-order valence-corrected chi connectivity index (χ0v) is 16.2. The molecule has 1 amide bonds. The van der Waals surface area contributed by atoms with Crippen LogP contribution in [0.5, 0.6) is 17.2 Å². The normalized spacial score (nSPS) is 10.5. The van der Waals surface area contributed by atoms with E-state index in [1.807, 2.05) is 48.5 Å². The summed E-state index contributed by atoms with van der Waals surface area (Å²) in [7, 11) is 3.22. The van der Waals surface area contributed by atoms with E-state index in [0.29, 0.717) is 31.1 Å². The molecule has 0 atom stereocenters. The highest BCUT2D eigenvalue weighted by Gasteiger charge is 2.12. The van der Waals surface area contributed by atoms with Crippen LogP contribution in [0.1, 0.15) is 13.3 Å². The first-order valence-corrected chi connectivity index (χ1v) is 9.08. The van der Waals surface area contributed by atoms with Gasteiger partial charge in [-0.25, -0.2) is 0 Å². The number of carbonyl (C=O) groups excluding carboxylic acids is 1. The van der Waals surface area contributed by atoms with Gasteiger partial charge >= 0.3 is 0 Å². The number of nitrogens with zero attached hydrogens (tertiary/aromatic N) is 1. The maximum atomic E-state index is 12.4. The zero-order valence-electron chi connectivity index (χ0n) is 16.2. The van der Waals surface area contributed by atoms with Crippen molar-refractivity contribution in [1.29, 1.82) is 0 Å². The Hall–Kier alpha value is -2.73. The van der Waals surface area contributed by atoms with Gasteiger partial charge in [0.2, 0.25) is 5.91 Å². The highest BCUT2D eigenvalue weighted by atomic mass is 16.5. The second-order valence-electron chi connectivity index (χ2n) is 6.05. The highest BCUT2D eigenvalue weighted by molar-refractivity contribution is 5.93. The van der Waals surface area contributed by atoms with Gasteiger partial charge < -0.3 is 19.5 Å². The average Bonchev–Trinajstić information content (AvgIpc) is 2.69.